The number of aromatic nitrogens is 1. The van der Waals surface area contributed by atoms with Crippen molar-refractivity contribution in [2.24, 2.45) is 0 Å². The smallest absolute Gasteiger partial charge is 0.293 e. The minimum atomic E-state index is -3.67. The number of amides is 1. The Kier molecular flexibility index (Phi) is 4.92. The number of nitrogens with zero attached hydrogens (tertiary/aromatic N) is 2. The number of carbonyl (C=O) groups excluding carboxylic acids is 1. The summed E-state index contributed by atoms with van der Waals surface area (Å²) < 4.78 is 38.3. The summed E-state index contributed by atoms with van der Waals surface area (Å²) in [6, 6.07) is 10.8. The standard InChI is InChI=1S/C21H19N3O5S2/c1-13-19(31(26,27)24-8-4-5-9-24)11-18(28-13)20(25)23-21-22-15(12-30-21)17-10-14-6-2-3-7-16(14)29-17/h2-3,6-7,10-12H,4-5,8-9H2,1H3,(H,22,23,25). The molecule has 1 fully saturated rings. The van der Waals surface area contributed by atoms with Crippen LogP contribution in [0.1, 0.15) is 29.2 Å². The molecular formula is C21H19N3O5S2. The summed E-state index contributed by atoms with van der Waals surface area (Å²) in [6.07, 6.45) is 1.67. The van der Waals surface area contributed by atoms with E-state index in [1.165, 1.54) is 21.7 Å². The molecule has 0 aliphatic carbocycles. The van der Waals surface area contributed by atoms with Gasteiger partial charge in [0, 0.05) is 29.9 Å². The van der Waals surface area contributed by atoms with E-state index in [0.29, 0.717) is 29.7 Å². The molecule has 1 saturated heterocycles. The predicted octanol–water partition coefficient (Wildman–Crippen LogP) is 4.49. The monoisotopic (exact) mass is 457 g/mol. The Morgan fingerprint density at radius 1 is 1.16 bits per heavy atom. The molecule has 0 spiro atoms. The Bertz CT molecular complexity index is 1340. The number of thiazole rings is 1. The first-order valence-electron chi connectivity index (χ1n) is 9.78. The summed E-state index contributed by atoms with van der Waals surface area (Å²) in [6.45, 7) is 2.51. The highest BCUT2D eigenvalue weighted by molar-refractivity contribution is 7.89. The topological polar surface area (TPSA) is 106 Å². The minimum Gasteiger partial charge on any atom is -0.455 e. The highest BCUT2D eigenvalue weighted by Gasteiger charge is 2.31. The second kappa shape index (κ2) is 7.63. The number of benzene rings is 1. The van der Waals surface area contributed by atoms with Crippen LogP contribution in [0.2, 0.25) is 0 Å². The summed E-state index contributed by atoms with van der Waals surface area (Å²) >= 11 is 1.24. The van der Waals surface area contributed by atoms with Gasteiger partial charge in [-0.3, -0.25) is 10.1 Å². The van der Waals surface area contributed by atoms with E-state index in [1.807, 2.05) is 30.3 Å². The van der Waals surface area contributed by atoms with Crippen molar-refractivity contribution in [3.05, 3.63) is 53.3 Å². The van der Waals surface area contributed by atoms with Gasteiger partial charge in [0.2, 0.25) is 10.0 Å². The number of anilines is 1. The number of fused-ring (bicyclic) bond motifs is 1. The average molecular weight is 458 g/mol. The third-order valence-corrected chi connectivity index (χ3v) is 7.95. The van der Waals surface area contributed by atoms with Crippen molar-refractivity contribution < 1.29 is 22.0 Å². The van der Waals surface area contributed by atoms with Gasteiger partial charge in [0.05, 0.1) is 0 Å². The molecule has 0 unspecified atom stereocenters. The van der Waals surface area contributed by atoms with Crippen LogP contribution in [0, 0.1) is 6.92 Å². The van der Waals surface area contributed by atoms with E-state index >= 15 is 0 Å². The molecule has 4 heterocycles. The maximum atomic E-state index is 12.8. The molecule has 160 valence electrons. The van der Waals surface area contributed by atoms with Crippen LogP contribution in [0.4, 0.5) is 5.13 Å². The molecule has 1 aliphatic heterocycles. The zero-order chi connectivity index (χ0) is 21.6. The van der Waals surface area contributed by atoms with Crippen molar-refractivity contribution in [1.29, 1.82) is 0 Å². The number of furan rings is 2. The Labute approximate surface area is 182 Å². The molecule has 1 amide bonds. The van der Waals surface area contributed by atoms with E-state index in [1.54, 1.807) is 12.3 Å². The maximum Gasteiger partial charge on any atom is 0.293 e. The van der Waals surface area contributed by atoms with E-state index in [2.05, 4.69) is 10.3 Å². The van der Waals surface area contributed by atoms with Gasteiger partial charge >= 0.3 is 0 Å². The van der Waals surface area contributed by atoms with Crippen molar-refractivity contribution in [3.63, 3.8) is 0 Å². The van der Waals surface area contributed by atoms with E-state index in [-0.39, 0.29) is 16.4 Å². The number of carbonyl (C=O) groups is 1. The second-order valence-electron chi connectivity index (χ2n) is 7.28. The van der Waals surface area contributed by atoms with Gasteiger partial charge in [0.15, 0.2) is 16.7 Å². The van der Waals surface area contributed by atoms with Gasteiger partial charge in [-0.25, -0.2) is 13.4 Å². The van der Waals surface area contributed by atoms with Crippen molar-refractivity contribution in [2.75, 3.05) is 18.4 Å². The normalized spacial score (nSPS) is 15.0. The van der Waals surface area contributed by atoms with Gasteiger partial charge in [-0.2, -0.15) is 4.31 Å². The molecule has 0 bridgehead atoms. The lowest BCUT2D eigenvalue weighted by molar-refractivity contribution is 0.0995. The largest absolute Gasteiger partial charge is 0.455 e. The van der Waals surface area contributed by atoms with Crippen LogP contribution in [0.15, 0.2) is 55.5 Å². The zero-order valence-corrected chi connectivity index (χ0v) is 18.3. The molecule has 1 aromatic carbocycles. The van der Waals surface area contributed by atoms with Crippen LogP contribution in [-0.4, -0.2) is 36.7 Å². The first kappa shape index (κ1) is 20.0. The number of aryl methyl sites for hydroxylation is 1. The molecule has 0 atom stereocenters. The number of hydrogen-bond donors (Lipinski definition) is 1. The molecule has 1 N–H and O–H groups in total. The summed E-state index contributed by atoms with van der Waals surface area (Å²) in [7, 11) is -3.67. The Hall–Kier alpha value is -2.95. The molecule has 0 saturated carbocycles. The Morgan fingerprint density at radius 2 is 1.94 bits per heavy atom. The highest BCUT2D eigenvalue weighted by Crippen LogP contribution is 2.31. The van der Waals surface area contributed by atoms with Crippen LogP contribution < -0.4 is 5.32 Å². The minimum absolute atomic E-state index is 0.0293. The molecule has 4 aromatic rings. The molecule has 10 heteroatoms. The van der Waals surface area contributed by atoms with Crippen molar-refractivity contribution >= 4 is 43.4 Å². The summed E-state index contributed by atoms with van der Waals surface area (Å²) in [5, 5.41) is 5.78. The van der Waals surface area contributed by atoms with Crippen LogP contribution in [-0.2, 0) is 10.0 Å². The summed E-state index contributed by atoms with van der Waals surface area (Å²) in [5.41, 5.74) is 1.36. The number of hydrogen-bond acceptors (Lipinski definition) is 7. The van der Waals surface area contributed by atoms with E-state index in [4.69, 9.17) is 8.83 Å². The zero-order valence-electron chi connectivity index (χ0n) is 16.6. The third-order valence-electron chi connectivity index (χ3n) is 5.18. The molecule has 8 nitrogen and oxygen atoms in total. The lowest BCUT2D eigenvalue weighted by Gasteiger charge is -2.14. The Morgan fingerprint density at radius 3 is 2.71 bits per heavy atom. The lowest BCUT2D eigenvalue weighted by Crippen LogP contribution is -2.28. The van der Waals surface area contributed by atoms with E-state index in [0.717, 1.165) is 23.8 Å². The maximum absolute atomic E-state index is 12.8. The fourth-order valence-electron chi connectivity index (χ4n) is 3.61. The van der Waals surface area contributed by atoms with Gasteiger partial charge in [-0.05, 0) is 31.9 Å². The molecule has 1 aliphatic rings. The third kappa shape index (κ3) is 3.67. The second-order valence-corrected chi connectivity index (χ2v) is 10.0. The van der Waals surface area contributed by atoms with Gasteiger partial charge in [0.25, 0.3) is 5.91 Å². The van der Waals surface area contributed by atoms with Crippen LogP contribution >= 0.6 is 11.3 Å². The SMILES string of the molecule is Cc1oc(C(=O)Nc2nc(-c3cc4ccccc4o3)cs2)cc1S(=O)(=O)N1CCCC1. The van der Waals surface area contributed by atoms with Gasteiger partial charge in [0.1, 0.15) is 21.9 Å². The molecular weight excluding hydrogens is 438 g/mol. The summed E-state index contributed by atoms with van der Waals surface area (Å²) in [4.78, 5) is 17.1. The highest BCUT2D eigenvalue weighted by atomic mass is 32.2. The first-order chi connectivity index (χ1) is 14.9. The molecule has 5 rings (SSSR count). The number of para-hydroxylation sites is 1. The van der Waals surface area contributed by atoms with E-state index < -0.39 is 15.9 Å². The fraction of sp³-hybridized carbons (Fsp3) is 0.238. The van der Waals surface area contributed by atoms with Gasteiger partial charge in [-0.1, -0.05) is 18.2 Å². The predicted molar refractivity (Wildman–Crippen MR) is 117 cm³/mol. The molecule has 31 heavy (non-hydrogen) atoms. The Balaban J connectivity index is 1.35. The quantitative estimate of drug-likeness (QED) is 0.473. The van der Waals surface area contributed by atoms with Gasteiger partial charge < -0.3 is 8.83 Å². The summed E-state index contributed by atoms with van der Waals surface area (Å²) in [5.74, 6) is 0.164. The number of rotatable bonds is 5. The fourth-order valence-corrected chi connectivity index (χ4v) is 5.98. The average Bonchev–Trinajstić information content (AvgIpc) is 3.52. The lowest BCUT2D eigenvalue weighted by atomic mass is 10.2. The first-order valence-corrected chi connectivity index (χ1v) is 12.1. The number of sulfonamides is 1. The van der Waals surface area contributed by atoms with Crippen LogP contribution in [0.5, 0.6) is 0 Å². The van der Waals surface area contributed by atoms with Crippen LogP contribution in [0.25, 0.3) is 22.4 Å². The van der Waals surface area contributed by atoms with Crippen molar-refractivity contribution in [3.8, 4) is 11.5 Å². The van der Waals surface area contributed by atoms with E-state index in [9.17, 15) is 13.2 Å². The van der Waals surface area contributed by atoms with Crippen molar-refractivity contribution in [1.82, 2.24) is 9.29 Å². The van der Waals surface area contributed by atoms with Crippen LogP contribution in [0.3, 0.4) is 0 Å². The van der Waals surface area contributed by atoms with Gasteiger partial charge in [-0.15, -0.1) is 11.3 Å². The number of nitrogens with one attached hydrogen (secondary N) is 1. The molecule has 3 aromatic heterocycles. The van der Waals surface area contributed by atoms with Crippen molar-refractivity contribution in [2.45, 2.75) is 24.7 Å². The molecule has 0 radical (unpaired) electrons.